The van der Waals surface area contributed by atoms with Gasteiger partial charge in [-0.2, -0.15) is 0 Å². The lowest BCUT2D eigenvalue weighted by molar-refractivity contribution is 0.310. The predicted molar refractivity (Wildman–Crippen MR) is 71.8 cm³/mol. The van der Waals surface area contributed by atoms with Gasteiger partial charge in [-0.15, -0.1) is 0 Å². The number of hydrogen-bond donors (Lipinski definition) is 1. The fourth-order valence-electron chi connectivity index (χ4n) is 1.41. The molecule has 1 aromatic rings. The van der Waals surface area contributed by atoms with Crippen molar-refractivity contribution >= 4 is 11.2 Å². The minimum Gasteiger partial charge on any atom is -0.617 e. The summed E-state index contributed by atoms with van der Waals surface area (Å²) in [6, 6.07) is 5.82. The quantitative estimate of drug-likeness (QED) is 0.794. The van der Waals surface area contributed by atoms with Crippen molar-refractivity contribution in [2.24, 2.45) is 0 Å². The van der Waals surface area contributed by atoms with Crippen LogP contribution in [0.4, 0.5) is 0 Å². The molecule has 0 aromatic heterocycles. The first kappa shape index (κ1) is 16.1. The Bertz CT molecular complexity index is 332. The van der Waals surface area contributed by atoms with Gasteiger partial charge in [0.15, 0.2) is 11.5 Å². The van der Waals surface area contributed by atoms with E-state index >= 15 is 0 Å². The van der Waals surface area contributed by atoms with E-state index in [2.05, 4.69) is 0 Å². The zero-order chi connectivity index (χ0) is 12.0. The fourth-order valence-corrected chi connectivity index (χ4v) is 1.93. The molecule has 0 fully saturated rings. The van der Waals surface area contributed by atoms with Crippen LogP contribution in [0, 0.1) is 0 Å². The maximum Gasteiger partial charge on any atom is 0.161 e. The first-order chi connectivity index (χ1) is 7.67. The van der Waals surface area contributed by atoms with E-state index in [9.17, 15) is 4.55 Å². The van der Waals surface area contributed by atoms with Crippen molar-refractivity contribution in [1.29, 1.82) is 0 Å². The van der Waals surface area contributed by atoms with E-state index in [-0.39, 0.29) is 6.15 Å². The highest BCUT2D eigenvalue weighted by atomic mass is 32.2. The molecule has 4 nitrogen and oxygen atoms in total. The maximum absolute atomic E-state index is 11.0. The van der Waals surface area contributed by atoms with Gasteiger partial charge in [0.2, 0.25) is 0 Å². The van der Waals surface area contributed by atoms with Gasteiger partial charge in [-0.25, -0.2) is 0 Å². The highest BCUT2D eigenvalue weighted by Crippen LogP contribution is 2.28. The van der Waals surface area contributed by atoms with Crippen LogP contribution in [-0.2, 0) is 17.6 Å². The van der Waals surface area contributed by atoms with Crippen LogP contribution in [0.15, 0.2) is 18.2 Å². The molecule has 0 bridgehead atoms. The Morgan fingerprint density at radius 3 is 2.53 bits per heavy atom. The van der Waals surface area contributed by atoms with Crippen LogP contribution in [0.25, 0.3) is 0 Å². The van der Waals surface area contributed by atoms with Crippen molar-refractivity contribution in [1.82, 2.24) is 6.15 Å². The second kappa shape index (κ2) is 8.22. The second-order valence-corrected chi connectivity index (χ2v) is 5.00. The summed E-state index contributed by atoms with van der Waals surface area (Å²) in [6.07, 6.45) is 2.51. The SMILES string of the molecule is CCOc1cc(CC[S+](C)[O-])ccc1OC.N. The minimum absolute atomic E-state index is 0. The summed E-state index contributed by atoms with van der Waals surface area (Å²) in [5, 5.41) is 0. The van der Waals surface area contributed by atoms with Crippen molar-refractivity contribution in [2.45, 2.75) is 13.3 Å². The number of hydrogen-bond acceptors (Lipinski definition) is 4. The zero-order valence-corrected chi connectivity index (χ0v) is 11.5. The van der Waals surface area contributed by atoms with Crippen LogP contribution in [0.5, 0.6) is 11.5 Å². The molecule has 0 heterocycles. The van der Waals surface area contributed by atoms with Gasteiger partial charge < -0.3 is 20.2 Å². The predicted octanol–water partition coefficient (Wildman–Crippen LogP) is 2.18. The molecule has 0 radical (unpaired) electrons. The van der Waals surface area contributed by atoms with Crippen LogP contribution in [-0.4, -0.2) is 30.3 Å². The third-order valence-electron chi connectivity index (χ3n) is 2.21. The number of rotatable bonds is 6. The Labute approximate surface area is 106 Å². The molecule has 5 heteroatoms. The summed E-state index contributed by atoms with van der Waals surface area (Å²) in [7, 11) is 1.62. The van der Waals surface area contributed by atoms with E-state index in [1.54, 1.807) is 13.4 Å². The first-order valence-electron chi connectivity index (χ1n) is 5.27. The molecule has 98 valence electrons. The van der Waals surface area contributed by atoms with Gasteiger partial charge >= 0.3 is 0 Å². The third kappa shape index (κ3) is 5.30. The van der Waals surface area contributed by atoms with E-state index < -0.39 is 11.2 Å². The minimum atomic E-state index is -0.756. The van der Waals surface area contributed by atoms with Crippen molar-refractivity contribution in [2.75, 3.05) is 25.7 Å². The van der Waals surface area contributed by atoms with Gasteiger partial charge in [-0.3, -0.25) is 0 Å². The summed E-state index contributed by atoms with van der Waals surface area (Å²) < 4.78 is 21.7. The summed E-state index contributed by atoms with van der Waals surface area (Å²) in [5.41, 5.74) is 1.12. The smallest absolute Gasteiger partial charge is 0.161 e. The van der Waals surface area contributed by atoms with E-state index in [1.807, 2.05) is 25.1 Å². The number of methoxy groups -OCH3 is 1. The highest BCUT2D eigenvalue weighted by molar-refractivity contribution is 7.90. The average Bonchev–Trinajstić information content (AvgIpc) is 2.27. The number of aryl methyl sites for hydroxylation is 1. The van der Waals surface area contributed by atoms with Crippen molar-refractivity contribution in [3.8, 4) is 11.5 Å². The molecular weight excluding hydrogens is 238 g/mol. The van der Waals surface area contributed by atoms with Gasteiger partial charge in [0.1, 0.15) is 5.75 Å². The van der Waals surface area contributed by atoms with Crippen molar-refractivity contribution in [3.63, 3.8) is 0 Å². The van der Waals surface area contributed by atoms with Gasteiger partial charge in [-0.05, 0) is 24.6 Å². The van der Waals surface area contributed by atoms with E-state index in [4.69, 9.17) is 9.47 Å². The van der Waals surface area contributed by atoms with Gasteiger partial charge in [-0.1, -0.05) is 17.2 Å². The molecule has 17 heavy (non-hydrogen) atoms. The van der Waals surface area contributed by atoms with Crippen LogP contribution < -0.4 is 15.6 Å². The molecule has 0 saturated carbocycles. The topological polar surface area (TPSA) is 76.5 Å². The Balaban J connectivity index is 0.00000256. The second-order valence-electron chi connectivity index (χ2n) is 3.45. The first-order valence-corrected chi connectivity index (χ1v) is 6.99. The normalized spacial score (nSPS) is 11.5. The molecular formula is C12H21NO3S. The lowest BCUT2D eigenvalue weighted by atomic mass is 10.1. The number of benzene rings is 1. The molecule has 1 rings (SSSR count). The monoisotopic (exact) mass is 259 g/mol. The molecule has 0 spiro atoms. The molecule has 1 unspecified atom stereocenters. The Morgan fingerprint density at radius 2 is 2.00 bits per heavy atom. The van der Waals surface area contributed by atoms with Crippen molar-refractivity contribution < 1.29 is 14.0 Å². The largest absolute Gasteiger partial charge is 0.617 e. The summed E-state index contributed by atoms with van der Waals surface area (Å²) >= 11 is -0.756. The zero-order valence-electron chi connectivity index (χ0n) is 10.7. The Morgan fingerprint density at radius 1 is 1.29 bits per heavy atom. The molecule has 0 aliphatic rings. The standard InChI is InChI=1S/C12H18O3S.H3N/c1-4-15-12-9-10(7-8-16(3)13)5-6-11(12)14-2;/h5-6,9H,4,7-8H2,1-3H3;1H3. The maximum atomic E-state index is 11.0. The molecule has 3 N–H and O–H groups in total. The fraction of sp³-hybridized carbons (Fsp3) is 0.500. The molecule has 0 amide bonds. The van der Waals surface area contributed by atoms with Crippen LogP contribution in [0.2, 0.25) is 0 Å². The van der Waals surface area contributed by atoms with Gasteiger partial charge in [0.25, 0.3) is 0 Å². The van der Waals surface area contributed by atoms with Crippen LogP contribution in [0.3, 0.4) is 0 Å². The lowest BCUT2D eigenvalue weighted by Crippen LogP contribution is -2.06. The molecule has 0 aliphatic heterocycles. The third-order valence-corrected chi connectivity index (χ3v) is 2.99. The summed E-state index contributed by atoms with van der Waals surface area (Å²) in [6.45, 7) is 2.55. The highest BCUT2D eigenvalue weighted by Gasteiger charge is 2.06. The van der Waals surface area contributed by atoms with Crippen LogP contribution in [0.1, 0.15) is 12.5 Å². The van der Waals surface area contributed by atoms with E-state index in [0.717, 1.165) is 23.5 Å². The molecule has 0 saturated heterocycles. The number of ether oxygens (including phenoxy) is 2. The van der Waals surface area contributed by atoms with E-state index in [0.29, 0.717) is 12.4 Å². The van der Waals surface area contributed by atoms with Crippen LogP contribution >= 0.6 is 0 Å². The molecule has 1 atom stereocenters. The Kier molecular flexibility index (Phi) is 7.78. The molecule has 0 aliphatic carbocycles. The average molecular weight is 259 g/mol. The molecule has 1 aromatic carbocycles. The van der Waals surface area contributed by atoms with E-state index in [1.165, 1.54) is 0 Å². The van der Waals surface area contributed by atoms with Gasteiger partial charge in [0.05, 0.1) is 20.0 Å². The van der Waals surface area contributed by atoms with Gasteiger partial charge in [0, 0.05) is 6.42 Å². The summed E-state index contributed by atoms with van der Waals surface area (Å²) in [5.74, 6) is 2.17. The Hall–Kier alpha value is -0.910. The lowest BCUT2D eigenvalue weighted by Gasteiger charge is -2.11. The van der Waals surface area contributed by atoms with Crippen molar-refractivity contribution in [3.05, 3.63) is 23.8 Å². The summed E-state index contributed by atoms with van der Waals surface area (Å²) in [4.78, 5) is 0.